The van der Waals surface area contributed by atoms with Crippen LogP contribution in [-0.4, -0.2) is 35.0 Å². The Balaban J connectivity index is 0.00000484. The summed E-state index contributed by atoms with van der Waals surface area (Å²) in [6.07, 6.45) is 8.47. The van der Waals surface area contributed by atoms with Crippen molar-refractivity contribution < 1.29 is 27.5 Å². The lowest BCUT2D eigenvalue weighted by Crippen LogP contribution is -2.51. The summed E-state index contributed by atoms with van der Waals surface area (Å²) in [7, 11) is -4.78. The molecule has 11 nitrogen and oxygen atoms in total. The molecule has 0 spiro atoms. The van der Waals surface area contributed by atoms with Gasteiger partial charge in [0.05, 0.1) is 0 Å². The van der Waals surface area contributed by atoms with Gasteiger partial charge in [0, 0.05) is 6.54 Å². The van der Waals surface area contributed by atoms with Crippen LogP contribution in [0.5, 0.6) is 0 Å². The molecule has 12 heteroatoms. The van der Waals surface area contributed by atoms with E-state index >= 15 is 0 Å². The molecule has 132 valence electrons. The van der Waals surface area contributed by atoms with Gasteiger partial charge in [-0.15, -0.1) is 0 Å². The first-order chi connectivity index (χ1) is 10.3. The largest absolute Gasteiger partial charge is 0.870 e. The Labute approximate surface area is 134 Å². The van der Waals surface area contributed by atoms with Gasteiger partial charge in [-0.05, 0) is 17.6 Å². The van der Waals surface area contributed by atoms with E-state index in [1.54, 1.807) is 0 Å². The van der Waals surface area contributed by atoms with Crippen LogP contribution < -0.4 is 25.8 Å². The van der Waals surface area contributed by atoms with Gasteiger partial charge in [-0.2, -0.15) is 8.42 Å². The number of nitrogens with zero attached hydrogens (tertiary/aromatic N) is 3. The summed E-state index contributed by atoms with van der Waals surface area (Å²) in [5.41, 5.74) is 11.0. The average Bonchev–Trinajstić information content (AvgIpc) is 2.41. The van der Waals surface area contributed by atoms with Crippen LogP contribution in [0, 0.1) is 0 Å². The van der Waals surface area contributed by atoms with Crippen molar-refractivity contribution in [3.63, 3.8) is 0 Å². The highest BCUT2D eigenvalue weighted by Gasteiger charge is 2.21. The number of hydrogen-bond donors (Lipinski definition) is 4. The standard InChI is InChI=1S/C11H20N6O4S.H2O/c1-2-3-4-5-6-7-8-14-11-15-9(12)17(10(13)16-11)21-22(18,19)20;/h6-7H,2-5,8H2,1H3,(H5,12,13,14,15,16,18,19,20);1H2/b7-6+;. The van der Waals surface area contributed by atoms with Gasteiger partial charge in [0.25, 0.3) is 0 Å². The van der Waals surface area contributed by atoms with Gasteiger partial charge in [-0.3, -0.25) is 4.55 Å². The van der Waals surface area contributed by atoms with E-state index in [0.717, 1.165) is 12.8 Å². The summed E-state index contributed by atoms with van der Waals surface area (Å²) >= 11 is 0. The van der Waals surface area contributed by atoms with Crippen molar-refractivity contribution in [2.45, 2.75) is 32.6 Å². The first kappa shape index (κ1) is 20.8. The molecule has 0 atom stereocenters. The fourth-order valence-corrected chi connectivity index (χ4v) is 1.90. The molecule has 0 amide bonds. The van der Waals surface area contributed by atoms with Crippen LogP contribution in [0.15, 0.2) is 12.2 Å². The van der Waals surface area contributed by atoms with E-state index in [1.807, 2.05) is 12.2 Å². The first-order valence-corrected chi connectivity index (χ1v) is 8.11. The van der Waals surface area contributed by atoms with E-state index in [4.69, 9.17) is 16.0 Å². The molecular formula is C11H22N6O5S. The Morgan fingerprint density at radius 3 is 2.39 bits per heavy atom. The second kappa shape index (κ2) is 9.76. The fraction of sp³-hybridized carbons (Fsp3) is 0.545. The second-order valence-electron chi connectivity index (χ2n) is 4.41. The summed E-state index contributed by atoms with van der Waals surface area (Å²) in [6.45, 7) is 2.61. The molecule has 1 rings (SSSR count). The predicted octanol–water partition coefficient (Wildman–Crippen LogP) is -0.468. The number of rotatable bonds is 9. The zero-order chi connectivity index (χ0) is 16.6. The van der Waals surface area contributed by atoms with Gasteiger partial charge >= 0.3 is 28.2 Å². The van der Waals surface area contributed by atoms with Crippen LogP contribution in [0.4, 0.5) is 17.8 Å². The molecule has 0 fully saturated rings. The summed E-state index contributed by atoms with van der Waals surface area (Å²) in [4.78, 5) is 7.54. The molecule has 0 unspecified atom stereocenters. The molecule has 1 heterocycles. The topological polar surface area (TPSA) is 187 Å². The molecule has 0 saturated heterocycles. The van der Waals surface area contributed by atoms with Gasteiger partial charge in [-0.1, -0.05) is 41.9 Å². The minimum Gasteiger partial charge on any atom is -0.870 e. The lowest BCUT2D eigenvalue weighted by molar-refractivity contribution is -0.836. The van der Waals surface area contributed by atoms with Crippen molar-refractivity contribution in [2.75, 3.05) is 23.3 Å². The maximum Gasteiger partial charge on any atom is 0.472 e. The Hall–Kier alpha value is -2.18. The molecule has 0 bridgehead atoms. The SMILES string of the molecule is CCCCC/C=C/CNc1nc(N)[n+](OS(=O)(=O)O)c(N)n1.[OH-]. The molecule has 0 aliphatic carbocycles. The van der Waals surface area contributed by atoms with Crippen LogP contribution in [-0.2, 0) is 10.4 Å². The Morgan fingerprint density at radius 2 is 1.87 bits per heavy atom. The van der Waals surface area contributed by atoms with E-state index in [1.165, 1.54) is 12.8 Å². The molecule has 0 aliphatic rings. The summed E-state index contributed by atoms with van der Waals surface area (Å²) < 4.78 is 34.4. The maximum atomic E-state index is 10.6. The van der Waals surface area contributed by atoms with Crippen molar-refractivity contribution in [2.24, 2.45) is 0 Å². The number of hydrogen-bond acceptors (Lipinski definition) is 9. The Kier molecular flexibility index (Phi) is 8.83. The molecule has 23 heavy (non-hydrogen) atoms. The predicted molar refractivity (Wildman–Crippen MR) is 82.9 cm³/mol. The molecule has 0 aromatic carbocycles. The van der Waals surface area contributed by atoms with Gasteiger partial charge in [0.1, 0.15) is 0 Å². The second-order valence-corrected chi connectivity index (χ2v) is 5.41. The Bertz CT molecular complexity index is 598. The van der Waals surface area contributed by atoms with Crippen molar-refractivity contribution in [3.8, 4) is 0 Å². The average molecular weight is 350 g/mol. The van der Waals surface area contributed by atoms with Gasteiger partial charge in [-0.25, -0.2) is 4.28 Å². The number of anilines is 3. The molecule has 1 aromatic heterocycles. The normalized spacial score (nSPS) is 11.2. The van der Waals surface area contributed by atoms with Crippen molar-refractivity contribution >= 4 is 28.2 Å². The van der Waals surface area contributed by atoms with Crippen LogP contribution in [0.2, 0.25) is 0 Å². The zero-order valence-electron chi connectivity index (χ0n) is 12.7. The van der Waals surface area contributed by atoms with Crippen LogP contribution in [0.1, 0.15) is 32.6 Å². The molecular weight excluding hydrogens is 328 g/mol. The van der Waals surface area contributed by atoms with E-state index in [-0.39, 0.29) is 23.3 Å². The summed E-state index contributed by atoms with van der Waals surface area (Å²) in [5.74, 6) is -0.637. The first-order valence-electron chi connectivity index (χ1n) is 6.74. The molecule has 1 aromatic rings. The van der Waals surface area contributed by atoms with Crippen LogP contribution >= 0.6 is 0 Å². The number of unbranched alkanes of at least 4 members (excludes halogenated alkanes) is 3. The molecule has 0 radical (unpaired) electrons. The smallest absolute Gasteiger partial charge is 0.472 e. The van der Waals surface area contributed by atoms with E-state index in [0.29, 0.717) is 11.3 Å². The highest BCUT2D eigenvalue weighted by atomic mass is 32.3. The number of nitrogens with two attached hydrogens (primary N) is 2. The number of aromatic nitrogens is 3. The molecule has 7 N–H and O–H groups in total. The van der Waals surface area contributed by atoms with Crippen molar-refractivity contribution in [1.82, 2.24) is 9.97 Å². The number of nitrogen functional groups attached to an aromatic ring is 2. The monoisotopic (exact) mass is 350 g/mol. The van der Waals surface area contributed by atoms with Crippen LogP contribution in [0.25, 0.3) is 0 Å². The number of allylic oxidation sites excluding steroid dienone is 1. The summed E-state index contributed by atoms with van der Waals surface area (Å²) in [5, 5.41) is 2.86. The zero-order valence-corrected chi connectivity index (χ0v) is 13.5. The third-order valence-corrected chi connectivity index (χ3v) is 2.88. The van der Waals surface area contributed by atoms with Crippen LogP contribution in [0.3, 0.4) is 0 Å². The molecule has 0 aliphatic heterocycles. The minimum atomic E-state index is -4.78. The van der Waals surface area contributed by atoms with Gasteiger partial charge in [0.2, 0.25) is 0 Å². The lowest BCUT2D eigenvalue weighted by Gasteiger charge is -2.05. The third kappa shape index (κ3) is 8.13. The van der Waals surface area contributed by atoms with E-state index in [9.17, 15) is 8.42 Å². The summed E-state index contributed by atoms with van der Waals surface area (Å²) in [6, 6.07) is 0. The maximum absolute atomic E-state index is 10.6. The van der Waals surface area contributed by atoms with Gasteiger partial charge < -0.3 is 22.3 Å². The highest BCUT2D eigenvalue weighted by Crippen LogP contribution is 2.02. The Morgan fingerprint density at radius 1 is 1.26 bits per heavy atom. The van der Waals surface area contributed by atoms with E-state index in [2.05, 4.69) is 26.5 Å². The third-order valence-electron chi connectivity index (χ3n) is 2.54. The van der Waals surface area contributed by atoms with E-state index < -0.39 is 10.4 Å². The molecule has 0 saturated carbocycles. The fourth-order valence-electron chi connectivity index (χ4n) is 1.56. The van der Waals surface area contributed by atoms with Crippen molar-refractivity contribution in [1.29, 1.82) is 0 Å². The lowest BCUT2D eigenvalue weighted by atomic mass is 10.2. The quantitative estimate of drug-likeness (QED) is 0.196. The van der Waals surface area contributed by atoms with Gasteiger partial charge in [0.15, 0.2) is 0 Å². The number of nitrogens with one attached hydrogen (secondary N) is 1. The minimum absolute atomic E-state index is 0. The van der Waals surface area contributed by atoms with Crippen molar-refractivity contribution in [3.05, 3.63) is 12.2 Å². The highest BCUT2D eigenvalue weighted by molar-refractivity contribution is 7.80.